The Morgan fingerprint density at radius 3 is 2.39 bits per heavy atom. The Kier molecular flexibility index (Phi) is 10.1. The van der Waals surface area contributed by atoms with E-state index < -0.39 is 15.3 Å². The number of benzene rings is 2. The first-order valence-electron chi connectivity index (χ1n) is 12.8. The molecule has 2 aromatic heterocycles. The fraction of sp³-hybridized carbons (Fsp3) is 0.321. The quantitative estimate of drug-likeness (QED) is 0.171. The number of nitrogens with zero attached hydrogens (tertiary/aromatic N) is 4. The van der Waals surface area contributed by atoms with Crippen molar-refractivity contribution >= 4 is 94.8 Å². The zero-order valence-electron chi connectivity index (χ0n) is 23.1. The van der Waals surface area contributed by atoms with Crippen LogP contribution < -0.4 is 15.5 Å². The molecule has 1 unspecified atom stereocenters. The monoisotopic (exact) mass is 656 g/mol. The van der Waals surface area contributed by atoms with Gasteiger partial charge in [0.15, 0.2) is 0 Å². The molecular formula is C28H32Cl4N6O2S. The summed E-state index contributed by atoms with van der Waals surface area (Å²) in [5.41, 5.74) is 4.11. The van der Waals surface area contributed by atoms with Crippen LogP contribution in [0.2, 0.25) is 5.02 Å². The van der Waals surface area contributed by atoms with Gasteiger partial charge >= 0.3 is 6.03 Å². The number of alkyl halides is 2. The summed E-state index contributed by atoms with van der Waals surface area (Å²) < 4.78 is 3.20. The number of hydrogen-bond acceptors (Lipinski definition) is 4. The predicted molar refractivity (Wildman–Crippen MR) is 177 cm³/mol. The molecule has 0 aliphatic heterocycles. The number of fused-ring (bicyclic) bond motifs is 1. The highest BCUT2D eigenvalue weighted by Crippen LogP contribution is 2.50. The molecule has 2 aromatic carbocycles. The second-order valence-corrected chi connectivity index (χ2v) is 16.7. The van der Waals surface area contributed by atoms with E-state index in [1.54, 1.807) is 35.2 Å². The molecule has 13 heteroatoms. The summed E-state index contributed by atoms with van der Waals surface area (Å²) in [4.78, 5) is 33.3. The average Bonchev–Trinajstić information content (AvgIpc) is 3.53. The number of para-hydroxylation sites is 1. The fourth-order valence-electron chi connectivity index (χ4n) is 4.27. The van der Waals surface area contributed by atoms with E-state index in [9.17, 15) is 9.59 Å². The number of halogens is 4. The van der Waals surface area contributed by atoms with Crippen molar-refractivity contribution in [3.05, 3.63) is 65.4 Å². The van der Waals surface area contributed by atoms with Crippen LogP contribution in [0.25, 0.3) is 17.0 Å². The molecule has 41 heavy (non-hydrogen) atoms. The lowest BCUT2D eigenvalue weighted by Crippen LogP contribution is -2.28. The summed E-state index contributed by atoms with van der Waals surface area (Å²) in [6, 6.07) is 12.3. The Morgan fingerprint density at radius 2 is 1.76 bits per heavy atom. The third kappa shape index (κ3) is 7.09. The van der Waals surface area contributed by atoms with Gasteiger partial charge in [0.1, 0.15) is 0 Å². The van der Waals surface area contributed by atoms with E-state index in [-0.39, 0.29) is 11.2 Å². The highest BCUT2D eigenvalue weighted by Gasteiger charge is 2.26. The molecule has 0 radical (unpaired) electrons. The van der Waals surface area contributed by atoms with Gasteiger partial charge in [0.05, 0.1) is 32.7 Å². The second-order valence-electron chi connectivity index (χ2n) is 9.87. The summed E-state index contributed by atoms with van der Waals surface area (Å²) in [7, 11) is 4.83. The van der Waals surface area contributed by atoms with Crippen molar-refractivity contribution in [1.29, 1.82) is 0 Å². The third-order valence-electron chi connectivity index (χ3n) is 6.72. The largest absolute Gasteiger partial charge is 0.368 e. The van der Waals surface area contributed by atoms with Gasteiger partial charge in [-0.25, -0.2) is 14.3 Å². The Hall–Kier alpha value is -2.56. The summed E-state index contributed by atoms with van der Waals surface area (Å²) in [5, 5.41) is 5.97. The molecule has 0 fully saturated rings. The molecule has 0 aliphatic carbocycles. The molecule has 220 valence electrons. The average molecular weight is 658 g/mol. The van der Waals surface area contributed by atoms with Crippen LogP contribution in [-0.2, 0) is 4.79 Å². The molecule has 2 N–H and O–H groups in total. The third-order valence-corrected chi connectivity index (χ3v) is 10.1. The predicted octanol–water partition coefficient (Wildman–Crippen LogP) is 7.70. The van der Waals surface area contributed by atoms with E-state index in [4.69, 9.17) is 50.5 Å². The maximum atomic E-state index is 13.7. The van der Waals surface area contributed by atoms with Gasteiger partial charge in [-0.15, -0.1) is 23.2 Å². The number of hydrogen-bond donors (Lipinski definition) is 2. The van der Waals surface area contributed by atoms with E-state index in [0.29, 0.717) is 58.2 Å². The van der Waals surface area contributed by atoms with Gasteiger partial charge in [0.2, 0.25) is 11.9 Å². The molecule has 0 bridgehead atoms. The minimum absolute atomic E-state index is 0.171. The van der Waals surface area contributed by atoms with Crippen LogP contribution in [0.3, 0.4) is 0 Å². The van der Waals surface area contributed by atoms with Crippen LogP contribution in [0.4, 0.5) is 21.9 Å². The first-order valence-corrected chi connectivity index (χ1v) is 17.6. The number of anilines is 3. The van der Waals surface area contributed by atoms with Crippen molar-refractivity contribution in [2.75, 3.05) is 52.9 Å². The summed E-state index contributed by atoms with van der Waals surface area (Å²) in [5.74, 6) is 1.05. The highest BCUT2D eigenvalue weighted by molar-refractivity contribution is 8.51. The molecule has 4 rings (SSSR count). The van der Waals surface area contributed by atoms with Crippen molar-refractivity contribution < 1.29 is 9.59 Å². The lowest BCUT2D eigenvalue weighted by Gasteiger charge is -2.28. The lowest BCUT2D eigenvalue weighted by molar-refractivity contribution is -0.115. The summed E-state index contributed by atoms with van der Waals surface area (Å²) in [6.45, 7) is 4.93. The van der Waals surface area contributed by atoms with E-state index in [2.05, 4.69) is 10.6 Å². The minimum Gasteiger partial charge on any atom is -0.368 e. The number of rotatable bonds is 10. The first-order chi connectivity index (χ1) is 19.4. The van der Waals surface area contributed by atoms with Gasteiger partial charge in [-0.3, -0.25) is 9.36 Å². The van der Waals surface area contributed by atoms with Gasteiger partial charge in [-0.1, -0.05) is 34.4 Å². The Balaban J connectivity index is 1.66. The topological polar surface area (TPSA) is 84.2 Å². The van der Waals surface area contributed by atoms with Gasteiger partial charge in [0.25, 0.3) is 0 Å². The smallest absolute Gasteiger partial charge is 0.333 e. The van der Waals surface area contributed by atoms with E-state index in [1.807, 2.05) is 55.5 Å². The van der Waals surface area contributed by atoms with E-state index in [1.165, 1.54) is 4.57 Å². The molecule has 0 saturated carbocycles. The lowest BCUT2D eigenvalue weighted by atomic mass is 10.2. The number of amides is 2. The molecule has 1 atom stereocenters. The fourth-order valence-corrected chi connectivity index (χ4v) is 5.79. The maximum absolute atomic E-state index is 13.7. The Labute approximate surface area is 260 Å². The van der Waals surface area contributed by atoms with Crippen molar-refractivity contribution in [1.82, 2.24) is 14.1 Å². The highest BCUT2D eigenvalue weighted by atomic mass is 35.7. The van der Waals surface area contributed by atoms with Crippen LogP contribution in [0.1, 0.15) is 12.5 Å². The van der Waals surface area contributed by atoms with E-state index in [0.717, 1.165) is 11.3 Å². The molecule has 0 aliphatic rings. The number of carbonyl (C=O) groups excluding carboxylic acids is 2. The Bertz CT molecular complexity index is 1560. The van der Waals surface area contributed by atoms with E-state index >= 15 is 0 Å². The zero-order chi connectivity index (χ0) is 29.9. The molecule has 0 spiro atoms. The van der Waals surface area contributed by atoms with Gasteiger partial charge in [-0.05, 0) is 62.3 Å². The molecule has 4 aromatic rings. The molecule has 2 amide bonds. The number of carbonyl (C=O) groups is 2. The number of imidazole rings is 1. The molecule has 0 saturated heterocycles. The number of nitrogens with one attached hydrogen (secondary N) is 2. The van der Waals surface area contributed by atoms with Crippen LogP contribution in [0.5, 0.6) is 0 Å². The van der Waals surface area contributed by atoms with Crippen LogP contribution in [0, 0.1) is 6.92 Å². The van der Waals surface area contributed by atoms with Crippen molar-refractivity contribution in [3.63, 3.8) is 0 Å². The van der Waals surface area contributed by atoms with Crippen molar-refractivity contribution in [2.24, 2.45) is 0 Å². The first kappa shape index (κ1) is 31.4. The Morgan fingerprint density at radius 1 is 1.05 bits per heavy atom. The van der Waals surface area contributed by atoms with Crippen molar-refractivity contribution in [3.8, 4) is 5.95 Å². The standard InChI is InChI=1S/C28H32Cl4N6O2S/c1-18-6-5-7-24-25(18)35-27(37-13-10-21(17-37)33-26(39)19(2)41(3,4)32)38(24)28(40)34-20-8-9-23(22(31)16-20)36(14-11-29)15-12-30/h5-10,13,16-17,19H,11-12,14-15H2,1-4H3,(H,33,39)(H,34,40). The van der Waals surface area contributed by atoms with Gasteiger partial charge < -0.3 is 15.5 Å². The minimum atomic E-state index is -1.59. The van der Waals surface area contributed by atoms with Crippen LogP contribution in [-0.4, -0.2) is 68.7 Å². The second kappa shape index (κ2) is 13.2. The summed E-state index contributed by atoms with van der Waals surface area (Å²) >= 11 is 18.5. The normalized spacial score (nSPS) is 12.8. The number of aryl methyl sites for hydroxylation is 1. The molecular weight excluding hydrogens is 626 g/mol. The number of aromatic nitrogens is 3. The van der Waals surface area contributed by atoms with Crippen LogP contribution in [0.15, 0.2) is 54.9 Å². The maximum Gasteiger partial charge on any atom is 0.333 e. The zero-order valence-corrected chi connectivity index (χ0v) is 27.0. The van der Waals surface area contributed by atoms with Crippen molar-refractivity contribution in [2.45, 2.75) is 19.1 Å². The van der Waals surface area contributed by atoms with Gasteiger partial charge in [-0.2, -0.15) is 9.24 Å². The van der Waals surface area contributed by atoms with Gasteiger partial charge in [0, 0.05) is 42.9 Å². The van der Waals surface area contributed by atoms with Crippen LogP contribution >= 0.6 is 54.7 Å². The SMILES string of the molecule is Cc1cccc2c1nc(-n1ccc(NC(=O)C(C)S(C)(C)Cl)c1)n2C(=O)Nc1ccc(N(CCCl)CCCl)c(Cl)c1. The molecule has 8 nitrogen and oxygen atoms in total. The summed E-state index contributed by atoms with van der Waals surface area (Å²) in [6.07, 6.45) is 7.22. The molecule has 2 heterocycles.